The van der Waals surface area contributed by atoms with Gasteiger partial charge in [0.05, 0.1) is 12.3 Å². The summed E-state index contributed by atoms with van der Waals surface area (Å²) in [6.45, 7) is 4.73. The number of aromatic nitrogens is 1. The molecule has 0 aromatic carbocycles. The van der Waals surface area contributed by atoms with Crippen LogP contribution in [-0.4, -0.2) is 25.2 Å². The maximum atomic E-state index is 5.45. The normalized spacial score (nSPS) is 20.2. The molecular weight excluding hydrogens is 200 g/mol. The van der Waals surface area contributed by atoms with Crippen LogP contribution in [-0.2, 0) is 17.7 Å². The molecule has 1 aromatic heterocycles. The molecular formula is C13H20N2O. The van der Waals surface area contributed by atoms with Gasteiger partial charge >= 0.3 is 0 Å². The summed E-state index contributed by atoms with van der Waals surface area (Å²) in [5.74, 6) is 0.543. The van der Waals surface area contributed by atoms with Crippen LogP contribution in [0.2, 0.25) is 0 Å². The number of hydrogen-bond acceptors (Lipinski definition) is 3. The van der Waals surface area contributed by atoms with E-state index in [0.717, 1.165) is 32.6 Å². The molecule has 1 aliphatic rings. The summed E-state index contributed by atoms with van der Waals surface area (Å²) in [5.41, 5.74) is 3.73. The molecule has 88 valence electrons. The minimum absolute atomic E-state index is 0.543. The lowest BCUT2D eigenvalue weighted by Crippen LogP contribution is -2.13. The molecule has 0 radical (unpaired) electrons. The summed E-state index contributed by atoms with van der Waals surface area (Å²) in [4.78, 5) is 4.71. The minimum Gasteiger partial charge on any atom is -0.381 e. The Balaban J connectivity index is 2.27. The molecule has 3 nitrogen and oxygen atoms in total. The first-order chi connectivity index (χ1) is 7.85. The molecule has 3 heteroatoms. The van der Waals surface area contributed by atoms with Gasteiger partial charge in [0, 0.05) is 24.8 Å². The summed E-state index contributed by atoms with van der Waals surface area (Å²) in [7, 11) is 1.97. The fourth-order valence-corrected chi connectivity index (χ4v) is 2.21. The quantitative estimate of drug-likeness (QED) is 0.841. The molecule has 1 unspecified atom stereocenters. The van der Waals surface area contributed by atoms with Gasteiger partial charge in [-0.15, -0.1) is 0 Å². The van der Waals surface area contributed by atoms with Gasteiger partial charge < -0.3 is 10.1 Å². The Morgan fingerprint density at radius 1 is 1.50 bits per heavy atom. The zero-order valence-corrected chi connectivity index (χ0v) is 10.1. The molecule has 1 aromatic rings. The fourth-order valence-electron chi connectivity index (χ4n) is 2.21. The van der Waals surface area contributed by atoms with Crippen molar-refractivity contribution in [1.82, 2.24) is 10.3 Å². The Labute approximate surface area is 97.2 Å². The Hall–Kier alpha value is -0.930. The summed E-state index contributed by atoms with van der Waals surface area (Å²) in [6, 6.07) is 4.38. The van der Waals surface area contributed by atoms with Crippen molar-refractivity contribution in [2.24, 2.45) is 0 Å². The van der Waals surface area contributed by atoms with E-state index >= 15 is 0 Å². The van der Waals surface area contributed by atoms with E-state index in [9.17, 15) is 0 Å². The zero-order valence-electron chi connectivity index (χ0n) is 10.1. The highest BCUT2D eigenvalue weighted by Crippen LogP contribution is 2.27. The molecule has 2 heterocycles. The third kappa shape index (κ3) is 2.42. The van der Waals surface area contributed by atoms with Gasteiger partial charge in [0.25, 0.3) is 0 Å². The summed E-state index contributed by atoms with van der Waals surface area (Å²) >= 11 is 0. The lowest BCUT2D eigenvalue weighted by atomic mass is 9.96. The van der Waals surface area contributed by atoms with Crippen molar-refractivity contribution in [2.75, 3.05) is 20.3 Å². The number of pyridine rings is 1. The smallest absolute Gasteiger partial charge is 0.0580 e. The monoisotopic (exact) mass is 220 g/mol. The van der Waals surface area contributed by atoms with Gasteiger partial charge in [0.15, 0.2) is 0 Å². The molecule has 1 N–H and O–H groups in total. The van der Waals surface area contributed by atoms with Crippen molar-refractivity contribution < 1.29 is 4.74 Å². The zero-order chi connectivity index (χ0) is 11.4. The van der Waals surface area contributed by atoms with Gasteiger partial charge in [-0.2, -0.15) is 0 Å². The predicted molar refractivity (Wildman–Crippen MR) is 64.6 cm³/mol. The van der Waals surface area contributed by atoms with E-state index < -0.39 is 0 Å². The molecule has 1 fully saturated rings. The number of nitrogens with one attached hydrogen (secondary N) is 1. The van der Waals surface area contributed by atoms with Crippen molar-refractivity contribution in [3.63, 3.8) is 0 Å². The highest BCUT2D eigenvalue weighted by atomic mass is 16.5. The lowest BCUT2D eigenvalue weighted by Gasteiger charge is -2.14. The first-order valence-electron chi connectivity index (χ1n) is 6.06. The Bertz CT molecular complexity index is 346. The molecule has 1 atom stereocenters. The lowest BCUT2D eigenvalue weighted by molar-refractivity contribution is 0.193. The molecule has 0 spiro atoms. The van der Waals surface area contributed by atoms with E-state index in [1.54, 1.807) is 0 Å². The van der Waals surface area contributed by atoms with Crippen molar-refractivity contribution in [1.29, 1.82) is 0 Å². The minimum atomic E-state index is 0.543. The Morgan fingerprint density at radius 3 is 3.00 bits per heavy atom. The fraction of sp³-hybridized carbons (Fsp3) is 0.615. The number of ether oxygens (including phenoxy) is 1. The largest absolute Gasteiger partial charge is 0.381 e. The van der Waals surface area contributed by atoms with Crippen LogP contribution in [0.5, 0.6) is 0 Å². The standard InChI is InChI=1S/C13H20N2O/c1-3-11-4-5-12(10-6-7-16-9-10)13(15-11)8-14-2/h4-5,10,14H,3,6-9H2,1-2H3. The Morgan fingerprint density at radius 2 is 2.38 bits per heavy atom. The van der Waals surface area contributed by atoms with Crippen molar-refractivity contribution in [3.8, 4) is 0 Å². The number of hydrogen-bond donors (Lipinski definition) is 1. The first kappa shape index (κ1) is 11.6. The highest BCUT2D eigenvalue weighted by molar-refractivity contribution is 5.27. The van der Waals surface area contributed by atoms with Crippen LogP contribution in [0.3, 0.4) is 0 Å². The van der Waals surface area contributed by atoms with Gasteiger partial charge in [-0.1, -0.05) is 13.0 Å². The van der Waals surface area contributed by atoms with Crippen molar-refractivity contribution >= 4 is 0 Å². The molecule has 1 saturated heterocycles. The van der Waals surface area contributed by atoms with Crippen molar-refractivity contribution in [2.45, 2.75) is 32.2 Å². The maximum absolute atomic E-state index is 5.45. The second-order valence-corrected chi connectivity index (χ2v) is 4.28. The third-order valence-corrected chi connectivity index (χ3v) is 3.14. The average molecular weight is 220 g/mol. The van der Waals surface area contributed by atoms with Crippen LogP contribution in [0, 0.1) is 0 Å². The van der Waals surface area contributed by atoms with Gasteiger partial charge in [-0.3, -0.25) is 4.98 Å². The van der Waals surface area contributed by atoms with Gasteiger partial charge in [0.2, 0.25) is 0 Å². The van der Waals surface area contributed by atoms with Crippen molar-refractivity contribution in [3.05, 3.63) is 29.1 Å². The molecule has 0 bridgehead atoms. The predicted octanol–water partition coefficient (Wildman–Crippen LogP) is 1.87. The molecule has 2 rings (SSSR count). The van der Waals surface area contributed by atoms with E-state index in [2.05, 4.69) is 24.4 Å². The molecule has 1 aliphatic heterocycles. The second kappa shape index (κ2) is 5.41. The second-order valence-electron chi connectivity index (χ2n) is 4.28. The summed E-state index contributed by atoms with van der Waals surface area (Å²) < 4.78 is 5.45. The van der Waals surface area contributed by atoms with Gasteiger partial charge in [-0.05, 0) is 31.5 Å². The molecule has 16 heavy (non-hydrogen) atoms. The number of nitrogens with zero attached hydrogens (tertiary/aromatic N) is 1. The van der Waals surface area contributed by atoms with Crippen LogP contribution in [0.25, 0.3) is 0 Å². The van der Waals surface area contributed by atoms with Crippen LogP contribution in [0.1, 0.15) is 36.2 Å². The van der Waals surface area contributed by atoms with Crippen LogP contribution < -0.4 is 5.32 Å². The van der Waals surface area contributed by atoms with E-state index in [-0.39, 0.29) is 0 Å². The summed E-state index contributed by atoms with van der Waals surface area (Å²) in [6.07, 6.45) is 2.13. The summed E-state index contributed by atoms with van der Waals surface area (Å²) in [5, 5.41) is 3.20. The number of rotatable bonds is 4. The molecule has 0 amide bonds. The van der Waals surface area contributed by atoms with E-state index in [0.29, 0.717) is 5.92 Å². The first-order valence-corrected chi connectivity index (χ1v) is 6.06. The topological polar surface area (TPSA) is 34.1 Å². The Kier molecular flexibility index (Phi) is 3.91. The van der Waals surface area contributed by atoms with Crippen LogP contribution in [0.4, 0.5) is 0 Å². The highest BCUT2D eigenvalue weighted by Gasteiger charge is 2.21. The van der Waals surface area contributed by atoms with Crippen LogP contribution >= 0.6 is 0 Å². The number of aryl methyl sites for hydroxylation is 1. The molecule has 0 saturated carbocycles. The maximum Gasteiger partial charge on any atom is 0.0580 e. The van der Waals surface area contributed by atoms with E-state index in [1.165, 1.54) is 17.0 Å². The average Bonchev–Trinajstić information content (AvgIpc) is 2.83. The molecule has 0 aliphatic carbocycles. The van der Waals surface area contributed by atoms with Gasteiger partial charge in [0.1, 0.15) is 0 Å². The van der Waals surface area contributed by atoms with Gasteiger partial charge in [-0.25, -0.2) is 0 Å². The van der Waals surface area contributed by atoms with E-state index in [1.807, 2.05) is 7.05 Å². The SMILES string of the molecule is CCc1ccc(C2CCOC2)c(CNC)n1. The third-order valence-electron chi connectivity index (χ3n) is 3.14. The van der Waals surface area contributed by atoms with E-state index in [4.69, 9.17) is 9.72 Å². The van der Waals surface area contributed by atoms with Crippen LogP contribution in [0.15, 0.2) is 12.1 Å².